The lowest BCUT2D eigenvalue weighted by Gasteiger charge is -2.37. The molecule has 2 heterocycles. The number of rotatable bonds is 2. The molecular weight excluding hydrogens is 460 g/mol. The Kier molecular flexibility index (Phi) is 11.0. The summed E-state index contributed by atoms with van der Waals surface area (Å²) in [6, 6.07) is 8.33. The van der Waals surface area contributed by atoms with E-state index in [-0.39, 0.29) is 11.9 Å². The van der Waals surface area contributed by atoms with Crippen LogP contribution in [0.4, 0.5) is 11.4 Å². The fourth-order valence-electron chi connectivity index (χ4n) is 4.55. The van der Waals surface area contributed by atoms with E-state index in [0.717, 1.165) is 29.8 Å². The van der Waals surface area contributed by atoms with Crippen molar-refractivity contribution in [3.8, 4) is 24.0 Å². The van der Waals surface area contributed by atoms with E-state index >= 15 is 0 Å². The Labute approximate surface area is 215 Å². The average molecular weight is 499 g/mol. The second-order valence-corrected chi connectivity index (χ2v) is 10.0. The summed E-state index contributed by atoms with van der Waals surface area (Å²) in [5.41, 5.74) is 8.13. The van der Waals surface area contributed by atoms with Gasteiger partial charge in [-0.25, -0.2) is 0 Å². The van der Waals surface area contributed by atoms with Crippen molar-refractivity contribution >= 4 is 35.2 Å². The molecular formula is C29H39ClN2O3. The van der Waals surface area contributed by atoms with Crippen molar-refractivity contribution in [2.45, 2.75) is 85.9 Å². The van der Waals surface area contributed by atoms with Gasteiger partial charge in [0.2, 0.25) is 5.91 Å². The zero-order valence-electron chi connectivity index (χ0n) is 22.2. The van der Waals surface area contributed by atoms with E-state index in [9.17, 15) is 4.79 Å². The molecule has 2 N–H and O–H groups in total. The number of aldehydes is 1. The van der Waals surface area contributed by atoms with Crippen LogP contribution in [0.25, 0.3) is 11.1 Å². The van der Waals surface area contributed by atoms with Crippen molar-refractivity contribution in [3.05, 3.63) is 46.0 Å². The lowest BCUT2D eigenvalue weighted by Crippen LogP contribution is -2.48. The number of nitrogens with zero attached hydrogens (tertiary/aromatic N) is 1. The summed E-state index contributed by atoms with van der Waals surface area (Å²) < 4.78 is 0. The molecule has 2 aliphatic heterocycles. The van der Waals surface area contributed by atoms with Crippen LogP contribution in [0.2, 0.25) is 5.02 Å². The highest BCUT2D eigenvalue weighted by molar-refractivity contribution is 6.30. The summed E-state index contributed by atoms with van der Waals surface area (Å²) in [5, 5.41) is 12.4. The van der Waals surface area contributed by atoms with Crippen molar-refractivity contribution in [1.82, 2.24) is 0 Å². The first-order valence-electron chi connectivity index (χ1n) is 11.8. The Balaban J connectivity index is 0.000000530. The molecule has 0 saturated carbocycles. The number of halogens is 1. The number of carbonyl (C=O) groups excluding carboxylic acids is 2. The molecule has 0 bridgehead atoms. The monoisotopic (exact) mass is 498 g/mol. The number of terminal acetylenes is 1. The highest BCUT2D eigenvalue weighted by Crippen LogP contribution is 2.50. The molecule has 2 aromatic rings. The van der Waals surface area contributed by atoms with Gasteiger partial charge < -0.3 is 20.1 Å². The van der Waals surface area contributed by atoms with Crippen molar-refractivity contribution in [2.75, 3.05) is 10.2 Å². The number of benzene rings is 2. The molecule has 5 nitrogen and oxygen atoms in total. The molecule has 2 atom stereocenters. The van der Waals surface area contributed by atoms with Gasteiger partial charge in [-0.15, -0.1) is 12.8 Å². The number of anilines is 2. The Morgan fingerprint density at radius 2 is 1.69 bits per heavy atom. The van der Waals surface area contributed by atoms with Crippen molar-refractivity contribution in [2.24, 2.45) is 0 Å². The first kappa shape index (κ1) is 30.2. The highest BCUT2D eigenvalue weighted by Gasteiger charge is 2.41. The third-order valence-corrected chi connectivity index (χ3v) is 5.97. The highest BCUT2D eigenvalue weighted by atomic mass is 35.5. The minimum Gasteiger partial charge on any atom is -0.391 e. The lowest BCUT2D eigenvalue weighted by atomic mass is 9.86. The van der Waals surface area contributed by atoms with Crippen molar-refractivity contribution < 1.29 is 14.7 Å². The molecule has 0 saturated heterocycles. The normalized spacial score (nSPS) is 17.4. The maximum Gasteiger partial charge on any atom is 0.246 e. The molecule has 6 heteroatoms. The molecule has 4 rings (SSSR count). The van der Waals surface area contributed by atoms with E-state index in [1.807, 2.05) is 19.1 Å². The number of aliphatic hydroxyl groups is 1. The minimum absolute atomic E-state index is 0.0941. The van der Waals surface area contributed by atoms with Crippen LogP contribution in [0.1, 0.15) is 65.2 Å². The smallest absolute Gasteiger partial charge is 0.246 e. The first-order valence-corrected chi connectivity index (χ1v) is 12.2. The summed E-state index contributed by atoms with van der Waals surface area (Å²) in [5.74, 6) is 0.0941. The van der Waals surface area contributed by atoms with Crippen LogP contribution in [0, 0.1) is 19.8 Å². The van der Waals surface area contributed by atoms with Crippen LogP contribution < -0.4 is 10.2 Å². The number of amides is 1. The molecule has 0 aliphatic carbocycles. The Morgan fingerprint density at radius 3 is 2.14 bits per heavy atom. The van der Waals surface area contributed by atoms with Crippen LogP contribution in [-0.2, 0) is 22.4 Å². The summed E-state index contributed by atoms with van der Waals surface area (Å²) in [4.78, 5) is 23.6. The van der Waals surface area contributed by atoms with Crippen molar-refractivity contribution in [3.63, 3.8) is 0 Å². The number of hydrogen-bond donors (Lipinski definition) is 2. The lowest BCUT2D eigenvalue weighted by molar-refractivity contribution is -0.117. The molecule has 2 aliphatic rings. The molecule has 0 radical (unpaired) electrons. The summed E-state index contributed by atoms with van der Waals surface area (Å²) in [6.07, 6.45) is 10.6. The van der Waals surface area contributed by atoms with Crippen LogP contribution in [0.5, 0.6) is 0 Å². The number of nitrogens with one attached hydrogen (secondary N) is 1. The molecule has 35 heavy (non-hydrogen) atoms. The first-order chi connectivity index (χ1) is 16.3. The Morgan fingerprint density at radius 1 is 1.20 bits per heavy atom. The largest absolute Gasteiger partial charge is 0.391 e. The third kappa shape index (κ3) is 7.10. The van der Waals surface area contributed by atoms with Gasteiger partial charge in [0.25, 0.3) is 0 Å². The number of carbonyl (C=O) groups is 2. The van der Waals surface area contributed by atoms with Crippen LogP contribution in [0.3, 0.4) is 0 Å². The molecule has 1 amide bonds. The summed E-state index contributed by atoms with van der Waals surface area (Å²) in [7, 11) is 0. The van der Waals surface area contributed by atoms with Gasteiger partial charge in [0.05, 0.1) is 17.0 Å². The fraction of sp³-hybridized carbons (Fsp3) is 0.448. The van der Waals surface area contributed by atoms with Gasteiger partial charge in [-0.1, -0.05) is 30.7 Å². The molecule has 2 unspecified atom stereocenters. The van der Waals surface area contributed by atoms with Gasteiger partial charge in [-0.05, 0) is 101 Å². The van der Waals surface area contributed by atoms with Gasteiger partial charge in [0.15, 0.2) is 0 Å². The minimum atomic E-state index is -0.500. The maximum atomic E-state index is 12.5. The third-order valence-electron chi connectivity index (χ3n) is 5.72. The average Bonchev–Trinajstić information content (AvgIpc) is 3.12. The van der Waals surface area contributed by atoms with Crippen LogP contribution in [-0.4, -0.2) is 35.0 Å². The molecule has 2 aromatic carbocycles. The predicted octanol–water partition coefficient (Wildman–Crippen LogP) is 6.20. The van der Waals surface area contributed by atoms with Gasteiger partial charge >= 0.3 is 0 Å². The van der Waals surface area contributed by atoms with E-state index in [1.54, 1.807) is 20.8 Å². The predicted molar refractivity (Wildman–Crippen MR) is 148 cm³/mol. The topological polar surface area (TPSA) is 69.6 Å². The number of hydrogen-bond acceptors (Lipinski definition) is 4. The second kappa shape index (κ2) is 12.8. The van der Waals surface area contributed by atoms with Crippen molar-refractivity contribution in [1.29, 1.82) is 0 Å². The zero-order chi connectivity index (χ0) is 27.1. The van der Waals surface area contributed by atoms with E-state index in [0.29, 0.717) is 6.04 Å². The SMILES string of the molecule is C#C.CC(C)(C)O.CC=O.CCc1c(C)c2c3c(c1-c1ccc(Cl)cc1)CC(C)N3C(C)C(=O)N2. The quantitative estimate of drug-likeness (QED) is 0.382. The molecule has 0 fully saturated rings. The summed E-state index contributed by atoms with van der Waals surface area (Å²) in [6.45, 7) is 15.2. The van der Waals surface area contributed by atoms with E-state index < -0.39 is 5.60 Å². The van der Waals surface area contributed by atoms with Gasteiger partial charge in [0.1, 0.15) is 12.3 Å². The van der Waals surface area contributed by atoms with Gasteiger partial charge in [-0.2, -0.15) is 0 Å². The van der Waals surface area contributed by atoms with E-state index in [2.05, 4.69) is 56.0 Å². The van der Waals surface area contributed by atoms with E-state index in [4.69, 9.17) is 21.5 Å². The van der Waals surface area contributed by atoms with Crippen LogP contribution >= 0.6 is 11.6 Å². The Bertz CT molecular complexity index is 1050. The van der Waals surface area contributed by atoms with Gasteiger partial charge in [0, 0.05) is 11.1 Å². The summed E-state index contributed by atoms with van der Waals surface area (Å²) >= 11 is 6.10. The Hall–Kier alpha value is -2.81. The second-order valence-electron chi connectivity index (χ2n) is 9.57. The zero-order valence-corrected chi connectivity index (χ0v) is 23.0. The standard InChI is InChI=1S/C21H23ClN2O.C4H10O.C2H4O.C2H2/c1-5-16-12(3)19-20-17(18(16)14-6-8-15(22)9-7-14)10-11(2)24(20)13(4)21(25)23-19;1-4(2,3)5;1-2-3;1-2/h6-9,11,13H,5,10H2,1-4H3,(H,23,25);5H,1-3H3;2H,1H3;1-2H. The maximum absolute atomic E-state index is 12.5. The van der Waals surface area contributed by atoms with Crippen LogP contribution in [0.15, 0.2) is 24.3 Å². The molecule has 0 aromatic heterocycles. The van der Waals surface area contributed by atoms with Gasteiger partial charge in [-0.3, -0.25) is 4.79 Å². The molecule has 0 spiro atoms. The van der Waals surface area contributed by atoms with E-state index in [1.165, 1.54) is 40.4 Å². The fourth-order valence-corrected chi connectivity index (χ4v) is 4.68. The molecule has 190 valence electrons.